The van der Waals surface area contributed by atoms with E-state index in [1.807, 2.05) is 32.0 Å². The van der Waals surface area contributed by atoms with Gasteiger partial charge in [0.1, 0.15) is 5.75 Å². The maximum Gasteiger partial charge on any atom is 0.253 e. The third-order valence-electron chi connectivity index (χ3n) is 5.79. The second-order valence-electron chi connectivity index (χ2n) is 7.88. The molecule has 0 radical (unpaired) electrons. The van der Waals surface area contributed by atoms with Crippen molar-refractivity contribution in [3.8, 4) is 17.1 Å². The molecule has 164 valence electrons. The van der Waals surface area contributed by atoms with Gasteiger partial charge >= 0.3 is 0 Å². The maximum absolute atomic E-state index is 13.0. The molecule has 0 aliphatic carbocycles. The molecule has 1 saturated heterocycles. The molecule has 1 N–H and O–H groups in total. The predicted molar refractivity (Wildman–Crippen MR) is 123 cm³/mol. The summed E-state index contributed by atoms with van der Waals surface area (Å²) in [7, 11) is 1.67. The van der Waals surface area contributed by atoms with Gasteiger partial charge in [-0.2, -0.15) is 0 Å². The number of aryl methyl sites for hydroxylation is 2. The Labute approximate surface area is 187 Å². The summed E-state index contributed by atoms with van der Waals surface area (Å²) >= 11 is 1.62. The number of amides is 1. The van der Waals surface area contributed by atoms with Crippen molar-refractivity contribution in [1.29, 1.82) is 0 Å². The topological polar surface area (TPSA) is 65.4 Å². The Morgan fingerprint density at radius 1 is 1.32 bits per heavy atom. The van der Waals surface area contributed by atoms with Gasteiger partial charge in [0.15, 0.2) is 0 Å². The standard InChI is InChI=1S/C24H29N3O3S/c1-16-21(24(28)25-14-20-5-4-12-30-20)13-23(22-15-31-17(2)26-22)27(16)11-10-18-6-8-19(29-3)9-7-18/h6-9,13,15,20H,4-5,10-12,14H2,1-3H3,(H,25,28). The van der Waals surface area contributed by atoms with Crippen LogP contribution in [0.5, 0.6) is 5.75 Å². The van der Waals surface area contributed by atoms with Crippen molar-refractivity contribution in [2.24, 2.45) is 0 Å². The summed E-state index contributed by atoms with van der Waals surface area (Å²) in [6.07, 6.45) is 3.05. The van der Waals surface area contributed by atoms with Crippen LogP contribution in [0.25, 0.3) is 11.4 Å². The average molecular weight is 440 g/mol. The molecule has 31 heavy (non-hydrogen) atoms. The van der Waals surface area contributed by atoms with Crippen molar-refractivity contribution in [2.75, 3.05) is 20.3 Å². The Kier molecular flexibility index (Phi) is 6.73. The van der Waals surface area contributed by atoms with E-state index in [1.54, 1.807) is 18.4 Å². The fourth-order valence-electron chi connectivity index (χ4n) is 4.00. The lowest BCUT2D eigenvalue weighted by molar-refractivity contribution is 0.0857. The summed E-state index contributed by atoms with van der Waals surface area (Å²) in [4.78, 5) is 17.6. The molecule has 0 spiro atoms. The molecule has 3 aromatic rings. The second-order valence-corrected chi connectivity index (χ2v) is 8.94. The van der Waals surface area contributed by atoms with Crippen LogP contribution in [0.2, 0.25) is 0 Å². The molecule has 1 atom stereocenters. The van der Waals surface area contributed by atoms with Gasteiger partial charge in [0, 0.05) is 30.8 Å². The molecule has 1 aliphatic rings. The summed E-state index contributed by atoms with van der Waals surface area (Å²) in [5, 5.41) is 6.13. The van der Waals surface area contributed by atoms with Crippen LogP contribution in [0.4, 0.5) is 0 Å². The lowest BCUT2D eigenvalue weighted by Gasteiger charge is -2.12. The van der Waals surface area contributed by atoms with E-state index in [0.29, 0.717) is 12.1 Å². The van der Waals surface area contributed by atoms with E-state index in [4.69, 9.17) is 9.47 Å². The summed E-state index contributed by atoms with van der Waals surface area (Å²) in [6, 6.07) is 10.1. The minimum absolute atomic E-state index is 0.0515. The van der Waals surface area contributed by atoms with Crippen LogP contribution < -0.4 is 10.1 Å². The van der Waals surface area contributed by atoms with Crippen LogP contribution in [0, 0.1) is 13.8 Å². The van der Waals surface area contributed by atoms with E-state index in [9.17, 15) is 4.79 Å². The first kappa shape index (κ1) is 21.6. The van der Waals surface area contributed by atoms with E-state index < -0.39 is 0 Å². The van der Waals surface area contributed by atoms with Crippen molar-refractivity contribution in [1.82, 2.24) is 14.9 Å². The van der Waals surface area contributed by atoms with Crippen molar-refractivity contribution >= 4 is 17.2 Å². The highest BCUT2D eigenvalue weighted by Crippen LogP contribution is 2.28. The van der Waals surface area contributed by atoms with Crippen LogP contribution in [0.3, 0.4) is 0 Å². The van der Waals surface area contributed by atoms with Gasteiger partial charge < -0.3 is 19.4 Å². The zero-order valence-electron chi connectivity index (χ0n) is 18.3. The Morgan fingerprint density at radius 2 is 2.13 bits per heavy atom. The SMILES string of the molecule is COc1ccc(CCn2c(-c3csc(C)n3)cc(C(=O)NCC3CCCO3)c2C)cc1. The van der Waals surface area contributed by atoms with E-state index in [0.717, 1.165) is 60.3 Å². The summed E-state index contributed by atoms with van der Waals surface area (Å²) in [6.45, 7) is 6.12. The zero-order chi connectivity index (χ0) is 21.8. The minimum atomic E-state index is -0.0515. The number of nitrogens with one attached hydrogen (secondary N) is 1. The van der Waals surface area contributed by atoms with Gasteiger partial charge in [-0.15, -0.1) is 11.3 Å². The molecule has 0 saturated carbocycles. The molecule has 1 aliphatic heterocycles. The highest BCUT2D eigenvalue weighted by atomic mass is 32.1. The number of methoxy groups -OCH3 is 1. The van der Waals surface area contributed by atoms with Gasteiger partial charge in [0.25, 0.3) is 5.91 Å². The highest BCUT2D eigenvalue weighted by molar-refractivity contribution is 7.09. The first-order chi connectivity index (χ1) is 15.0. The Morgan fingerprint density at radius 3 is 2.77 bits per heavy atom. The van der Waals surface area contributed by atoms with E-state index >= 15 is 0 Å². The van der Waals surface area contributed by atoms with Crippen LogP contribution in [-0.2, 0) is 17.7 Å². The number of carbonyl (C=O) groups is 1. The molecule has 3 heterocycles. The molecule has 1 aromatic carbocycles. The average Bonchev–Trinajstić information content (AvgIpc) is 3.52. The lowest BCUT2D eigenvalue weighted by Crippen LogP contribution is -2.32. The third-order valence-corrected chi connectivity index (χ3v) is 6.56. The summed E-state index contributed by atoms with van der Waals surface area (Å²) in [5.74, 6) is 0.800. The Hall–Kier alpha value is -2.64. The quantitative estimate of drug-likeness (QED) is 0.565. The van der Waals surface area contributed by atoms with Crippen LogP contribution in [0.15, 0.2) is 35.7 Å². The number of thiazole rings is 1. The zero-order valence-corrected chi connectivity index (χ0v) is 19.1. The number of hydrogen-bond donors (Lipinski definition) is 1. The number of aromatic nitrogens is 2. The largest absolute Gasteiger partial charge is 0.497 e. The molecule has 4 rings (SSSR count). The molecular formula is C24H29N3O3S. The number of nitrogens with zero attached hydrogens (tertiary/aromatic N) is 2. The fourth-order valence-corrected chi connectivity index (χ4v) is 4.60. The second kappa shape index (κ2) is 9.66. The maximum atomic E-state index is 13.0. The van der Waals surface area contributed by atoms with Crippen molar-refractivity contribution < 1.29 is 14.3 Å². The molecule has 2 aromatic heterocycles. The fraction of sp³-hybridized carbons (Fsp3) is 0.417. The van der Waals surface area contributed by atoms with Crippen LogP contribution in [-0.4, -0.2) is 41.8 Å². The minimum Gasteiger partial charge on any atom is -0.497 e. The van der Waals surface area contributed by atoms with E-state index in [-0.39, 0.29) is 12.0 Å². The predicted octanol–water partition coefficient (Wildman–Crippen LogP) is 4.39. The van der Waals surface area contributed by atoms with Gasteiger partial charge in [-0.1, -0.05) is 12.1 Å². The summed E-state index contributed by atoms with van der Waals surface area (Å²) in [5.41, 5.74) is 4.78. The molecular weight excluding hydrogens is 410 g/mol. The van der Waals surface area contributed by atoms with Crippen molar-refractivity contribution in [2.45, 2.75) is 45.8 Å². The normalized spacial score (nSPS) is 15.9. The van der Waals surface area contributed by atoms with Crippen LogP contribution >= 0.6 is 11.3 Å². The number of ether oxygens (including phenoxy) is 2. The first-order valence-corrected chi connectivity index (χ1v) is 11.6. The smallest absolute Gasteiger partial charge is 0.253 e. The lowest BCUT2D eigenvalue weighted by atomic mass is 10.1. The van der Waals surface area contributed by atoms with Gasteiger partial charge in [-0.3, -0.25) is 4.79 Å². The molecule has 1 unspecified atom stereocenters. The van der Waals surface area contributed by atoms with Gasteiger partial charge in [0.2, 0.25) is 0 Å². The number of rotatable bonds is 8. The highest BCUT2D eigenvalue weighted by Gasteiger charge is 2.22. The molecule has 6 nitrogen and oxygen atoms in total. The number of carbonyl (C=O) groups excluding carboxylic acids is 1. The third kappa shape index (κ3) is 4.99. The molecule has 1 fully saturated rings. The van der Waals surface area contributed by atoms with Crippen molar-refractivity contribution in [3.05, 3.63) is 57.5 Å². The van der Waals surface area contributed by atoms with Crippen LogP contribution in [0.1, 0.15) is 39.5 Å². The monoisotopic (exact) mass is 439 g/mol. The Bertz CT molecular complexity index is 1030. The molecule has 7 heteroatoms. The van der Waals surface area contributed by atoms with Gasteiger partial charge in [-0.05, 0) is 56.9 Å². The van der Waals surface area contributed by atoms with E-state index in [2.05, 4.69) is 32.4 Å². The summed E-state index contributed by atoms with van der Waals surface area (Å²) < 4.78 is 13.1. The first-order valence-electron chi connectivity index (χ1n) is 10.7. The van der Waals surface area contributed by atoms with E-state index in [1.165, 1.54) is 5.56 Å². The van der Waals surface area contributed by atoms with Crippen molar-refractivity contribution in [3.63, 3.8) is 0 Å². The molecule has 1 amide bonds. The van der Waals surface area contributed by atoms with Gasteiger partial charge in [0.05, 0.1) is 35.2 Å². The molecule has 0 bridgehead atoms. The van der Waals surface area contributed by atoms with Gasteiger partial charge in [-0.25, -0.2) is 4.98 Å². The number of hydrogen-bond acceptors (Lipinski definition) is 5. The number of benzene rings is 1. The Balaban J connectivity index is 1.56.